The molecule has 0 spiro atoms. The van der Waals surface area contributed by atoms with Crippen LogP contribution in [0.4, 0.5) is 0 Å². The largest absolute Gasteiger partial charge is 0.483 e. The molecule has 1 heterocycles. The van der Waals surface area contributed by atoms with E-state index in [4.69, 9.17) is 4.74 Å². The third kappa shape index (κ3) is 2.87. The lowest BCUT2D eigenvalue weighted by atomic mass is 9.84. The van der Waals surface area contributed by atoms with Crippen LogP contribution in [0.3, 0.4) is 0 Å². The second kappa shape index (κ2) is 5.75. The SMILES string of the molecule is CC(C)=CCC[C@]1(C)C=Cc2c(ccc3c2C(=O)CCC3)O1. The molecule has 0 fully saturated rings. The molecule has 0 unspecified atom stereocenters. The number of carbonyl (C=O) groups is 1. The molecular formula is C20H24O2. The predicted molar refractivity (Wildman–Crippen MR) is 90.4 cm³/mol. The molecule has 0 radical (unpaired) electrons. The van der Waals surface area contributed by atoms with Crippen molar-refractivity contribution in [1.82, 2.24) is 0 Å². The van der Waals surface area contributed by atoms with E-state index in [1.165, 1.54) is 11.1 Å². The third-order valence-corrected chi connectivity index (χ3v) is 4.56. The molecule has 2 aliphatic rings. The van der Waals surface area contributed by atoms with Crippen LogP contribution >= 0.6 is 0 Å². The molecule has 0 aromatic heterocycles. The number of hydrogen-bond acceptors (Lipinski definition) is 2. The molecule has 1 aliphatic heterocycles. The molecular weight excluding hydrogens is 272 g/mol. The van der Waals surface area contributed by atoms with Crippen molar-refractivity contribution < 1.29 is 9.53 Å². The van der Waals surface area contributed by atoms with Gasteiger partial charge in [-0.15, -0.1) is 0 Å². The summed E-state index contributed by atoms with van der Waals surface area (Å²) in [7, 11) is 0. The fourth-order valence-electron chi connectivity index (χ4n) is 3.33. The minimum atomic E-state index is -0.287. The van der Waals surface area contributed by atoms with E-state index in [0.29, 0.717) is 6.42 Å². The molecule has 2 heteroatoms. The summed E-state index contributed by atoms with van der Waals surface area (Å²) in [6, 6.07) is 4.11. The first kappa shape index (κ1) is 15.1. The summed E-state index contributed by atoms with van der Waals surface area (Å²) < 4.78 is 6.25. The summed E-state index contributed by atoms with van der Waals surface area (Å²) in [6.07, 6.45) is 11.0. The van der Waals surface area contributed by atoms with E-state index in [9.17, 15) is 4.79 Å². The van der Waals surface area contributed by atoms with Gasteiger partial charge >= 0.3 is 0 Å². The second-order valence-corrected chi connectivity index (χ2v) is 6.86. The number of fused-ring (bicyclic) bond motifs is 3. The fourth-order valence-corrected chi connectivity index (χ4v) is 3.33. The van der Waals surface area contributed by atoms with Crippen molar-refractivity contribution in [3.63, 3.8) is 0 Å². The molecule has 1 aromatic carbocycles. The normalized spacial score (nSPS) is 22.6. The van der Waals surface area contributed by atoms with E-state index in [1.54, 1.807) is 0 Å². The lowest BCUT2D eigenvalue weighted by molar-refractivity contribution is 0.0967. The Labute approximate surface area is 132 Å². The molecule has 0 bridgehead atoms. The maximum Gasteiger partial charge on any atom is 0.163 e. The van der Waals surface area contributed by atoms with Gasteiger partial charge in [0.25, 0.3) is 0 Å². The molecule has 1 aromatic rings. The van der Waals surface area contributed by atoms with Gasteiger partial charge in [0.05, 0.1) is 0 Å². The highest BCUT2D eigenvalue weighted by Crippen LogP contribution is 2.38. The van der Waals surface area contributed by atoms with Crippen LogP contribution in [-0.4, -0.2) is 11.4 Å². The van der Waals surface area contributed by atoms with Gasteiger partial charge in [-0.1, -0.05) is 23.8 Å². The zero-order chi connectivity index (χ0) is 15.7. The summed E-state index contributed by atoms with van der Waals surface area (Å²) in [4.78, 5) is 12.3. The van der Waals surface area contributed by atoms with E-state index in [2.05, 4.69) is 45.1 Å². The highest BCUT2D eigenvalue weighted by molar-refractivity contribution is 6.02. The molecule has 22 heavy (non-hydrogen) atoms. The standard InChI is InChI=1S/C20H24O2/c1-14(2)6-5-12-20(3)13-11-16-18(22-20)10-9-15-7-4-8-17(21)19(15)16/h6,9-11,13H,4-5,7-8,12H2,1-3H3/t20-/m1/s1. The number of ether oxygens (including phenoxy) is 1. The average Bonchev–Trinajstić information content (AvgIpc) is 2.46. The predicted octanol–water partition coefficient (Wildman–Crippen LogP) is 5.12. The Morgan fingerprint density at radius 3 is 2.91 bits per heavy atom. The Balaban J connectivity index is 1.88. The quantitative estimate of drug-likeness (QED) is 0.724. The van der Waals surface area contributed by atoms with Gasteiger partial charge in [0, 0.05) is 17.5 Å². The van der Waals surface area contributed by atoms with Gasteiger partial charge in [-0.3, -0.25) is 4.79 Å². The van der Waals surface area contributed by atoms with Crippen LogP contribution in [0.2, 0.25) is 0 Å². The van der Waals surface area contributed by atoms with Crippen LogP contribution in [0, 0.1) is 0 Å². The zero-order valence-corrected chi connectivity index (χ0v) is 13.7. The number of rotatable bonds is 3. The molecule has 0 amide bonds. The summed E-state index contributed by atoms with van der Waals surface area (Å²) in [6.45, 7) is 6.35. The molecule has 0 N–H and O–H groups in total. The lowest BCUT2D eigenvalue weighted by Crippen LogP contribution is -2.32. The van der Waals surface area contributed by atoms with Gasteiger partial charge in [0.15, 0.2) is 5.78 Å². The zero-order valence-electron chi connectivity index (χ0n) is 13.7. The number of Topliss-reactive ketones (excluding diaryl/α,β-unsaturated/α-hetero) is 1. The van der Waals surface area contributed by atoms with Crippen molar-refractivity contribution in [3.05, 3.63) is 46.5 Å². The smallest absolute Gasteiger partial charge is 0.163 e. The van der Waals surface area contributed by atoms with Crippen LogP contribution in [0.5, 0.6) is 5.75 Å². The topological polar surface area (TPSA) is 26.3 Å². The third-order valence-electron chi connectivity index (χ3n) is 4.56. The van der Waals surface area contributed by atoms with E-state index in [1.807, 2.05) is 6.07 Å². The first-order valence-electron chi connectivity index (χ1n) is 8.19. The molecule has 3 rings (SSSR count). The van der Waals surface area contributed by atoms with Crippen LogP contribution in [0.15, 0.2) is 29.9 Å². The van der Waals surface area contributed by atoms with Gasteiger partial charge in [0.2, 0.25) is 0 Å². The van der Waals surface area contributed by atoms with E-state index >= 15 is 0 Å². The Bertz CT molecular complexity index is 663. The Kier molecular flexibility index (Phi) is 3.94. The van der Waals surface area contributed by atoms with Crippen molar-refractivity contribution in [2.75, 3.05) is 0 Å². The number of allylic oxidation sites excluding steroid dienone is 2. The molecule has 0 saturated heterocycles. The maximum absolute atomic E-state index is 12.3. The minimum absolute atomic E-state index is 0.263. The van der Waals surface area contributed by atoms with Crippen molar-refractivity contribution in [1.29, 1.82) is 0 Å². The Morgan fingerprint density at radius 2 is 2.14 bits per heavy atom. The van der Waals surface area contributed by atoms with Crippen molar-refractivity contribution in [2.45, 2.75) is 58.5 Å². The second-order valence-electron chi connectivity index (χ2n) is 6.86. The molecule has 1 atom stereocenters. The molecule has 1 aliphatic carbocycles. The molecule has 2 nitrogen and oxygen atoms in total. The summed E-state index contributed by atoms with van der Waals surface area (Å²) >= 11 is 0. The Morgan fingerprint density at radius 1 is 1.32 bits per heavy atom. The monoisotopic (exact) mass is 296 g/mol. The van der Waals surface area contributed by atoms with E-state index in [-0.39, 0.29) is 11.4 Å². The highest BCUT2D eigenvalue weighted by Gasteiger charge is 2.30. The summed E-state index contributed by atoms with van der Waals surface area (Å²) in [5, 5.41) is 0. The van der Waals surface area contributed by atoms with Crippen molar-refractivity contribution >= 4 is 11.9 Å². The van der Waals surface area contributed by atoms with Gasteiger partial charge in [0.1, 0.15) is 11.4 Å². The number of hydrogen-bond donors (Lipinski definition) is 0. The van der Waals surface area contributed by atoms with Crippen LogP contribution < -0.4 is 4.74 Å². The van der Waals surface area contributed by atoms with Gasteiger partial charge < -0.3 is 4.74 Å². The number of benzene rings is 1. The van der Waals surface area contributed by atoms with E-state index < -0.39 is 0 Å². The van der Waals surface area contributed by atoms with Gasteiger partial charge in [-0.25, -0.2) is 0 Å². The first-order chi connectivity index (χ1) is 10.5. The lowest BCUT2D eigenvalue weighted by Gasteiger charge is -2.33. The van der Waals surface area contributed by atoms with Crippen molar-refractivity contribution in [2.24, 2.45) is 0 Å². The van der Waals surface area contributed by atoms with Gasteiger partial charge in [-0.05, 0) is 64.2 Å². The molecule has 116 valence electrons. The van der Waals surface area contributed by atoms with Crippen molar-refractivity contribution in [3.8, 4) is 5.75 Å². The number of carbonyl (C=O) groups excluding carboxylic acids is 1. The van der Waals surface area contributed by atoms with Gasteiger partial charge in [-0.2, -0.15) is 0 Å². The van der Waals surface area contributed by atoms with Crippen LogP contribution in [0.1, 0.15) is 67.9 Å². The average molecular weight is 296 g/mol. The molecule has 0 saturated carbocycles. The maximum atomic E-state index is 12.3. The van der Waals surface area contributed by atoms with E-state index in [0.717, 1.165) is 42.6 Å². The summed E-state index contributed by atoms with van der Waals surface area (Å²) in [5.74, 6) is 1.12. The Hall–Kier alpha value is -1.83. The fraction of sp³-hybridized carbons (Fsp3) is 0.450. The minimum Gasteiger partial charge on any atom is -0.483 e. The first-order valence-corrected chi connectivity index (χ1v) is 8.19. The summed E-state index contributed by atoms with van der Waals surface area (Å²) in [5.41, 5.74) is 4.11. The van der Waals surface area contributed by atoms with Crippen LogP contribution in [-0.2, 0) is 6.42 Å². The number of ketones is 1. The van der Waals surface area contributed by atoms with Crippen LogP contribution in [0.25, 0.3) is 6.08 Å². The number of aryl methyl sites for hydroxylation is 1. The highest BCUT2D eigenvalue weighted by atomic mass is 16.5.